The predicted molar refractivity (Wildman–Crippen MR) is 61.1 cm³/mol. The standard InChI is InChI=1S/C12H19FN2/c1-10-8-12(13)5-4-11(10)9-15-7-3-2-6-14/h4-5,8,15H,2-3,6-7,9,14H2,1H3. The molecule has 3 heteroatoms. The third kappa shape index (κ3) is 4.40. The summed E-state index contributed by atoms with van der Waals surface area (Å²) in [6.45, 7) is 4.45. The molecule has 0 fully saturated rings. The molecule has 0 aliphatic carbocycles. The Morgan fingerprint density at radius 3 is 2.80 bits per heavy atom. The quantitative estimate of drug-likeness (QED) is 0.704. The normalized spacial score (nSPS) is 10.6. The Kier molecular flexibility index (Phi) is 5.29. The van der Waals surface area contributed by atoms with E-state index in [1.165, 1.54) is 6.07 Å². The molecule has 0 amide bonds. The summed E-state index contributed by atoms with van der Waals surface area (Å²) in [6.07, 6.45) is 2.14. The first-order valence-corrected chi connectivity index (χ1v) is 5.40. The van der Waals surface area contributed by atoms with Crippen molar-refractivity contribution in [2.75, 3.05) is 13.1 Å². The summed E-state index contributed by atoms with van der Waals surface area (Å²) in [6, 6.07) is 4.90. The fourth-order valence-corrected chi connectivity index (χ4v) is 1.48. The predicted octanol–water partition coefficient (Wildman–Crippen LogP) is 1.96. The van der Waals surface area contributed by atoms with Crippen molar-refractivity contribution in [3.63, 3.8) is 0 Å². The Bertz CT molecular complexity index is 300. The van der Waals surface area contributed by atoms with Crippen LogP contribution in [0.4, 0.5) is 4.39 Å². The van der Waals surface area contributed by atoms with Gasteiger partial charge in [-0.1, -0.05) is 6.07 Å². The van der Waals surface area contributed by atoms with Crippen LogP contribution in [0.5, 0.6) is 0 Å². The van der Waals surface area contributed by atoms with Crippen molar-refractivity contribution in [1.82, 2.24) is 5.32 Å². The van der Waals surface area contributed by atoms with Crippen molar-refractivity contribution in [1.29, 1.82) is 0 Å². The monoisotopic (exact) mass is 210 g/mol. The molecule has 0 unspecified atom stereocenters. The second-order valence-corrected chi connectivity index (χ2v) is 3.74. The maximum absolute atomic E-state index is 12.8. The molecule has 2 nitrogen and oxygen atoms in total. The van der Waals surface area contributed by atoms with Gasteiger partial charge in [-0.25, -0.2) is 4.39 Å². The summed E-state index contributed by atoms with van der Waals surface area (Å²) in [5, 5.41) is 3.32. The lowest BCUT2D eigenvalue weighted by molar-refractivity contribution is 0.614. The Hall–Kier alpha value is -0.930. The Morgan fingerprint density at radius 2 is 2.13 bits per heavy atom. The largest absolute Gasteiger partial charge is 0.330 e. The van der Waals surface area contributed by atoms with Gasteiger partial charge in [-0.05, 0) is 56.1 Å². The SMILES string of the molecule is Cc1cc(F)ccc1CNCCCCN. The molecule has 0 saturated heterocycles. The minimum Gasteiger partial charge on any atom is -0.330 e. The zero-order chi connectivity index (χ0) is 11.1. The van der Waals surface area contributed by atoms with Gasteiger partial charge >= 0.3 is 0 Å². The molecule has 0 aliphatic rings. The fraction of sp³-hybridized carbons (Fsp3) is 0.500. The summed E-state index contributed by atoms with van der Waals surface area (Å²) in [4.78, 5) is 0. The topological polar surface area (TPSA) is 38.0 Å². The molecule has 0 heterocycles. The average Bonchev–Trinajstić information content (AvgIpc) is 2.20. The summed E-state index contributed by atoms with van der Waals surface area (Å²) in [5.41, 5.74) is 7.55. The van der Waals surface area contributed by atoms with Crippen LogP contribution in [0.15, 0.2) is 18.2 Å². The number of hydrogen-bond donors (Lipinski definition) is 2. The van der Waals surface area contributed by atoms with E-state index in [-0.39, 0.29) is 5.82 Å². The van der Waals surface area contributed by atoms with Gasteiger partial charge in [0.2, 0.25) is 0 Å². The molecule has 3 N–H and O–H groups in total. The number of benzene rings is 1. The molecular formula is C12H19FN2. The van der Waals surface area contributed by atoms with E-state index in [1.54, 1.807) is 6.07 Å². The summed E-state index contributed by atoms with van der Waals surface area (Å²) >= 11 is 0. The van der Waals surface area contributed by atoms with E-state index in [1.807, 2.05) is 13.0 Å². The van der Waals surface area contributed by atoms with Crippen LogP contribution in [-0.4, -0.2) is 13.1 Å². The van der Waals surface area contributed by atoms with Gasteiger partial charge in [0.1, 0.15) is 5.82 Å². The average molecular weight is 210 g/mol. The van der Waals surface area contributed by atoms with Gasteiger partial charge in [0.25, 0.3) is 0 Å². The molecule has 1 aromatic carbocycles. The molecule has 1 rings (SSSR count). The Morgan fingerprint density at radius 1 is 1.33 bits per heavy atom. The van der Waals surface area contributed by atoms with Crippen LogP contribution in [-0.2, 0) is 6.54 Å². The molecule has 0 saturated carbocycles. The van der Waals surface area contributed by atoms with Crippen molar-refractivity contribution >= 4 is 0 Å². The maximum Gasteiger partial charge on any atom is 0.123 e. The molecule has 0 radical (unpaired) electrons. The Balaban J connectivity index is 2.31. The first-order valence-electron chi connectivity index (χ1n) is 5.40. The number of hydrogen-bond acceptors (Lipinski definition) is 2. The first kappa shape index (κ1) is 12.1. The van der Waals surface area contributed by atoms with Crippen LogP contribution in [0.2, 0.25) is 0 Å². The number of nitrogens with two attached hydrogens (primary N) is 1. The van der Waals surface area contributed by atoms with Crippen molar-refractivity contribution in [3.05, 3.63) is 35.1 Å². The highest BCUT2D eigenvalue weighted by Crippen LogP contribution is 2.09. The van der Waals surface area contributed by atoms with Crippen LogP contribution in [0.25, 0.3) is 0 Å². The zero-order valence-corrected chi connectivity index (χ0v) is 9.22. The van der Waals surface area contributed by atoms with E-state index in [2.05, 4.69) is 5.32 Å². The molecule has 0 atom stereocenters. The number of aryl methyl sites for hydroxylation is 1. The van der Waals surface area contributed by atoms with Gasteiger partial charge in [0.05, 0.1) is 0 Å². The van der Waals surface area contributed by atoms with E-state index < -0.39 is 0 Å². The Labute approximate surface area is 90.7 Å². The van der Waals surface area contributed by atoms with E-state index in [4.69, 9.17) is 5.73 Å². The zero-order valence-electron chi connectivity index (χ0n) is 9.22. The van der Waals surface area contributed by atoms with Crippen LogP contribution >= 0.6 is 0 Å². The smallest absolute Gasteiger partial charge is 0.123 e. The van der Waals surface area contributed by atoms with Gasteiger partial charge in [0.15, 0.2) is 0 Å². The lowest BCUT2D eigenvalue weighted by Gasteiger charge is -2.07. The van der Waals surface area contributed by atoms with Gasteiger partial charge in [-0.3, -0.25) is 0 Å². The highest BCUT2D eigenvalue weighted by Gasteiger charge is 1.98. The van der Waals surface area contributed by atoms with Gasteiger partial charge in [-0.15, -0.1) is 0 Å². The molecule has 0 bridgehead atoms. The van der Waals surface area contributed by atoms with Crippen molar-refractivity contribution in [3.8, 4) is 0 Å². The number of nitrogens with one attached hydrogen (secondary N) is 1. The molecule has 15 heavy (non-hydrogen) atoms. The van der Waals surface area contributed by atoms with Crippen molar-refractivity contribution in [2.45, 2.75) is 26.3 Å². The molecule has 0 spiro atoms. The molecule has 0 aromatic heterocycles. The van der Waals surface area contributed by atoms with E-state index in [0.29, 0.717) is 0 Å². The summed E-state index contributed by atoms with van der Waals surface area (Å²) in [5.74, 6) is -0.167. The van der Waals surface area contributed by atoms with Gasteiger partial charge in [0, 0.05) is 6.54 Å². The lowest BCUT2D eigenvalue weighted by atomic mass is 10.1. The maximum atomic E-state index is 12.8. The summed E-state index contributed by atoms with van der Waals surface area (Å²) < 4.78 is 12.8. The second-order valence-electron chi connectivity index (χ2n) is 3.74. The molecular weight excluding hydrogens is 191 g/mol. The van der Waals surface area contributed by atoms with Gasteiger partial charge < -0.3 is 11.1 Å². The van der Waals surface area contributed by atoms with Crippen LogP contribution in [0.3, 0.4) is 0 Å². The van der Waals surface area contributed by atoms with Crippen molar-refractivity contribution in [2.24, 2.45) is 5.73 Å². The lowest BCUT2D eigenvalue weighted by Crippen LogP contribution is -2.16. The summed E-state index contributed by atoms with van der Waals surface area (Å²) in [7, 11) is 0. The van der Waals surface area contributed by atoms with Crippen LogP contribution in [0.1, 0.15) is 24.0 Å². The molecule has 1 aromatic rings. The number of rotatable bonds is 6. The highest BCUT2D eigenvalue weighted by atomic mass is 19.1. The third-order valence-electron chi connectivity index (χ3n) is 2.43. The van der Waals surface area contributed by atoms with E-state index >= 15 is 0 Å². The van der Waals surface area contributed by atoms with Crippen LogP contribution < -0.4 is 11.1 Å². The first-order chi connectivity index (χ1) is 7.24. The fourth-order valence-electron chi connectivity index (χ4n) is 1.48. The minimum atomic E-state index is -0.167. The highest BCUT2D eigenvalue weighted by molar-refractivity contribution is 5.26. The van der Waals surface area contributed by atoms with Gasteiger partial charge in [-0.2, -0.15) is 0 Å². The van der Waals surface area contributed by atoms with Crippen molar-refractivity contribution < 1.29 is 4.39 Å². The number of unbranched alkanes of at least 4 members (excludes halogenated alkanes) is 1. The molecule has 84 valence electrons. The third-order valence-corrected chi connectivity index (χ3v) is 2.43. The van der Waals surface area contributed by atoms with E-state index in [0.717, 1.165) is 43.6 Å². The number of halogens is 1. The minimum absolute atomic E-state index is 0.167. The van der Waals surface area contributed by atoms with E-state index in [9.17, 15) is 4.39 Å². The van der Waals surface area contributed by atoms with Crippen LogP contribution in [0, 0.1) is 12.7 Å². The molecule has 0 aliphatic heterocycles. The second kappa shape index (κ2) is 6.53.